The second-order valence-corrected chi connectivity index (χ2v) is 4.33. The number of halogens is 1. The van der Waals surface area contributed by atoms with Crippen molar-refractivity contribution in [3.8, 4) is 0 Å². The molecule has 0 aromatic rings. The fraction of sp³-hybridized carbons (Fsp3) is 0.700. The first kappa shape index (κ1) is 10.2. The molecule has 0 unspecified atom stereocenters. The fourth-order valence-corrected chi connectivity index (χ4v) is 1.38. The minimum Gasteiger partial charge on any atom is -0.331 e. The molecule has 0 saturated carbocycles. The molecule has 0 aliphatic carbocycles. The molecule has 2 nitrogen and oxygen atoms in total. The maximum atomic E-state index is 13.2. The highest BCUT2D eigenvalue weighted by Crippen LogP contribution is 2.31. The molecular formula is C10H16FNO. The SMILES string of the molecule is CC(C)=C(F)C(=O)N1CCC1(C)C. The van der Waals surface area contributed by atoms with Crippen LogP contribution in [0.5, 0.6) is 0 Å². The van der Waals surface area contributed by atoms with E-state index >= 15 is 0 Å². The third-order valence-corrected chi connectivity index (χ3v) is 2.55. The number of likely N-dealkylation sites (tertiary alicyclic amines) is 1. The molecule has 1 heterocycles. The molecule has 1 fully saturated rings. The number of amides is 1. The van der Waals surface area contributed by atoms with Crippen LogP contribution in [0.25, 0.3) is 0 Å². The molecule has 0 bridgehead atoms. The normalized spacial score (nSPS) is 19.3. The minimum absolute atomic E-state index is 0.163. The summed E-state index contributed by atoms with van der Waals surface area (Å²) in [6, 6.07) is 0. The average Bonchev–Trinajstić information content (AvgIpc) is 2.01. The van der Waals surface area contributed by atoms with Gasteiger partial charge in [-0.2, -0.15) is 0 Å². The predicted octanol–water partition coefficient (Wildman–Crippen LogP) is 2.26. The zero-order valence-corrected chi connectivity index (χ0v) is 8.65. The van der Waals surface area contributed by atoms with Crippen molar-refractivity contribution in [2.24, 2.45) is 0 Å². The molecule has 1 rings (SSSR count). The molecule has 0 aromatic carbocycles. The van der Waals surface area contributed by atoms with Gasteiger partial charge in [-0.25, -0.2) is 4.39 Å². The summed E-state index contributed by atoms with van der Waals surface area (Å²) in [6.45, 7) is 7.80. The summed E-state index contributed by atoms with van der Waals surface area (Å²) in [5.41, 5.74) is 0.289. The number of rotatable bonds is 1. The van der Waals surface area contributed by atoms with Gasteiger partial charge in [-0.05, 0) is 39.7 Å². The molecule has 0 radical (unpaired) electrons. The molecule has 1 aliphatic heterocycles. The zero-order valence-electron chi connectivity index (χ0n) is 8.65. The van der Waals surface area contributed by atoms with Crippen LogP contribution in [-0.4, -0.2) is 22.9 Å². The van der Waals surface area contributed by atoms with E-state index in [1.807, 2.05) is 13.8 Å². The molecule has 13 heavy (non-hydrogen) atoms. The van der Waals surface area contributed by atoms with Crippen LogP contribution in [0.4, 0.5) is 4.39 Å². The number of nitrogens with zero attached hydrogens (tertiary/aromatic N) is 1. The van der Waals surface area contributed by atoms with Gasteiger partial charge in [0.1, 0.15) is 0 Å². The van der Waals surface area contributed by atoms with E-state index in [0.29, 0.717) is 12.1 Å². The molecule has 1 amide bonds. The lowest BCUT2D eigenvalue weighted by molar-refractivity contribution is -0.141. The van der Waals surface area contributed by atoms with Gasteiger partial charge in [0.2, 0.25) is 0 Å². The Labute approximate surface area is 78.4 Å². The lowest BCUT2D eigenvalue weighted by atomic mass is 9.88. The largest absolute Gasteiger partial charge is 0.331 e. The molecule has 3 heteroatoms. The molecule has 74 valence electrons. The van der Waals surface area contributed by atoms with Gasteiger partial charge in [0.05, 0.1) is 0 Å². The van der Waals surface area contributed by atoms with E-state index in [0.717, 1.165) is 6.42 Å². The first-order valence-electron chi connectivity index (χ1n) is 4.51. The van der Waals surface area contributed by atoms with Crippen molar-refractivity contribution >= 4 is 5.91 Å². The van der Waals surface area contributed by atoms with Crippen LogP contribution in [0.1, 0.15) is 34.1 Å². The fourth-order valence-electron chi connectivity index (χ4n) is 1.38. The van der Waals surface area contributed by atoms with Crippen LogP contribution in [-0.2, 0) is 4.79 Å². The van der Waals surface area contributed by atoms with Crippen molar-refractivity contribution in [3.63, 3.8) is 0 Å². The lowest BCUT2D eigenvalue weighted by Gasteiger charge is -2.48. The highest BCUT2D eigenvalue weighted by atomic mass is 19.1. The number of carbonyl (C=O) groups is 1. The van der Waals surface area contributed by atoms with Gasteiger partial charge in [-0.1, -0.05) is 0 Å². The Balaban J connectivity index is 2.76. The second kappa shape index (κ2) is 3.13. The van der Waals surface area contributed by atoms with E-state index in [1.54, 1.807) is 18.7 Å². The lowest BCUT2D eigenvalue weighted by Crippen LogP contribution is -2.58. The zero-order chi connectivity index (χ0) is 10.2. The minimum atomic E-state index is -0.604. The second-order valence-electron chi connectivity index (χ2n) is 4.33. The summed E-state index contributed by atoms with van der Waals surface area (Å²) in [4.78, 5) is 13.1. The van der Waals surface area contributed by atoms with Crippen LogP contribution >= 0.6 is 0 Å². The predicted molar refractivity (Wildman–Crippen MR) is 49.9 cm³/mol. The highest BCUT2D eigenvalue weighted by Gasteiger charge is 2.40. The summed E-state index contributed by atoms with van der Waals surface area (Å²) in [6.07, 6.45) is 0.953. The Morgan fingerprint density at radius 2 is 1.92 bits per heavy atom. The van der Waals surface area contributed by atoms with Crippen molar-refractivity contribution in [3.05, 3.63) is 11.4 Å². The van der Waals surface area contributed by atoms with Gasteiger partial charge in [-0.15, -0.1) is 0 Å². The number of allylic oxidation sites excluding steroid dienone is 1. The molecule has 1 aliphatic rings. The van der Waals surface area contributed by atoms with E-state index in [9.17, 15) is 9.18 Å². The van der Waals surface area contributed by atoms with Crippen LogP contribution in [0.15, 0.2) is 11.4 Å². The summed E-state index contributed by atoms with van der Waals surface area (Å²) in [5, 5.41) is 0. The maximum absolute atomic E-state index is 13.2. The quantitative estimate of drug-likeness (QED) is 0.574. The first-order chi connectivity index (χ1) is 5.86. The van der Waals surface area contributed by atoms with Crippen molar-refractivity contribution in [2.45, 2.75) is 39.7 Å². The Morgan fingerprint density at radius 3 is 2.15 bits per heavy atom. The topological polar surface area (TPSA) is 20.3 Å². The standard InChI is InChI=1S/C10H16FNO/c1-7(2)8(11)9(13)12-6-5-10(12,3)4/h5-6H2,1-4H3. The van der Waals surface area contributed by atoms with Crippen LogP contribution in [0.3, 0.4) is 0 Å². The summed E-state index contributed by atoms with van der Waals surface area (Å²) in [5.74, 6) is -1.07. The highest BCUT2D eigenvalue weighted by molar-refractivity contribution is 5.92. The number of hydrogen-bond acceptors (Lipinski definition) is 1. The Hall–Kier alpha value is -0.860. The van der Waals surface area contributed by atoms with Crippen molar-refractivity contribution in [2.75, 3.05) is 6.54 Å². The summed E-state index contributed by atoms with van der Waals surface area (Å²) in [7, 11) is 0. The van der Waals surface area contributed by atoms with Gasteiger partial charge in [0.15, 0.2) is 5.83 Å². The van der Waals surface area contributed by atoms with E-state index < -0.39 is 11.7 Å². The summed E-state index contributed by atoms with van der Waals surface area (Å²) >= 11 is 0. The van der Waals surface area contributed by atoms with Crippen LogP contribution < -0.4 is 0 Å². The van der Waals surface area contributed by atoms with Gasteiger partial charge in [0.25, 0.3) is 5.91 Å². The van der Waals surface area contributed by atoms with E-state index in [-0.39, 0.29) is 5.54 Å². The maximum Gasteiger partial charge on any atom is 0.282 e. The molecule has 0 atom stereocenters. The van der Waals surface area contributed by atoms with Gasteiger partial charge in [0, 0.05) is 12.1 Å². The molecular weight excluding hydrogens is 169 g/mol. The molecule has 1 saturated heterocycles. The molecule has 0 spiro atoms. The third kappa shape index (κ3) is 1.74. The van der Waals surface area contributed by atoms with Crippen molar-refractivity contribution in [1.29, 1.82) is 0 Å². The van der Waals surface area contributed by atoms with Crippen LogP contribution in [0.2, 0.25) is 0 Å². The Bertz CT molecular complexity index is 264. The smallest absolute Gasteiger partial charge is 0.282 e. The Morgan fingerprint density at radius 1 is 1.38 bits per heavy atom. The van der Waals surface area contributed by atoms with Crippen LogP contribution in [0, 0.1) is 0 Å². The Kier molecular flexibility index (Phi) is 2.46. The van der Waals surface area contributed by atoms with E-state index in [4.69, 9.17) is 0 Å². The van der Waals surface area contributed by atoms with E-state index in [1.165, 1.54) is 0 Å². The van der Waals surface area contributed by atoms with E-state index in [2.05, 4.69) is 0 Å². The van der Waals surface area contributed by atoms with Crippen molar-refractivity contribution < 1.29 is 9.18 Å². The van der Waals surface area contributed by atoms with Gasteiger partial charge < -0.3 is 4.90 Å². The third-order valence-electron chi connectivity index (χ3n) is 2.55. The average molecular weight is 185 g/mol. The number of carbonyl (C=O) groups excluding carboxylic acids is 1. The summed E-state index contributed by atoms with van der Waals surface area (Å²) < 4.78 is 13.2. The van der Waals surface area contributed by atoms with Gasteiger partial charge in [-0.3, -0.25) is 4.79 Å². The first-order valence-corrected chi connectivity index (χ1v) is 4.51. The van der Waals surface area contributed by atoms with Crippen molar-refractivity contribution in [1.82, 2.24) is 4.90 Å². The molecule has 0 N–H and O–H groups in total. The monoisotopic (exact) mass is 185 g/mol. The molecule has 0 aromatic heterocycles. The number of hydrogen-bond donors (Lipinski definition) is 0. The van der Waals surface area contributed by atoms with Gasteiger partial charge >= 0.3 is 0 Å².